The Morgan fingerprint density at radius 3 is 2.29 bits per heavy atom. The molecule has 0 aliphatic heterocycles. The van der Waals surface area contributed by atoms with E-state index in [1.807, 2.05) is 0 Å². The van der Waals surface area contributed by atoms with E-state index in [-0.39, 0.29) is 54.8 Å². The Labute approximate surface area is 181 Å². The van der Waals surface area contributed by atoms with Crippen LogP contribution in [-0.2, 0) is 22.3 Å². The first-order valence-corrected chi connectivity index (χ1v) is 10.3. The van der Waals surface area contributed by atoms with Gasteiger partial charge in [0.25, 0.3) is 0 Å². The van der Waals surface area contributed by atoms with Gasteiger partial charge in [0.15, 0.2) is 5.96 Å². The molecule has 0 spiro atoms. The van der Waals surface area contributed by atoms with Crippen LogP contribution in [0.3, 0.4) is 0 Å². The molecule has 0 heterocycles. The zero-order valence-corrected chi connectivity index (χ0v) is 19.3. The monoisotopic (exact) mass is 536 g/mol. The molecule has 1 aromatic rings. The van der Waals surface area contributed by atoms with Crippen LogP contribution in [0, 0.1) is 0 Å². The average Bonchev–Trinajstić information content (AvgIpc) is 2.51. The summed E-state index contributed by atoms with van der Waals surface area (Å²) in [7, 11) is -3.49. The fraction of sp³-hybridized carbons (Fsp3) is 0.588. The third-order valence-corrected chi connectivity index (χ3v) is 4.85. The Bertz CT molecular complexity index is 725. The van der Waals surface area contributed by atoms with E-state index in [0.29, 0.717) is 17.7 Å². The van der Waals surface area contributed by atoms with Crippen LogP contribution >= 0.6 is 24.0 Å². The van der Waals surface area contributed by atoms with Crippen molar-refractivity contribution < 1.29 is 21.6 Å². The van der Waals surface area contributed by atoms with Crippen molar-refractivity contribution in [3.63, 3.8) is 0 Å². The van der Waals surface area contributed by atoms with Gasteiger partial charge in [0.2, 0.25) is 10.0 Å². The maximum Gasteiger partial charge on any atom is 0.390 e. The van der Waals surface area contributed by atoms with E-state index in [1.54, 1.807) is 45.0 Å². The fourth-order valence-corrected chi connectivity index (χ4v) is 3.78. The largest absolute Gasteiger partial charge is 0.390 e. The van der Waals surface area contributed by atoms with Crippen molar-refractivity contribution in [3.8, 4) is 0 Å². The van der Waals surface area contributed by atoms with Gasteiger partial charge >= 0.3 is 6.18 Å². The number of nitrogens with one attached hydrogen (secondary N) is 3. The molecule has 0 aliphatic carbocycles. The molecule has 3 N–H and O–H groups in total. The fourth-order valence-electron chi connectivity index (χ4n) is 2.29. The smallest absolute Gasteiger partial charge is 0.357 e. The van der Waals surface area contributed by atoms with Crippen molar-refractivity contribution in [3.05, 3.63) is 35.4 Å². The summed E-state index contributed by atoms with van der Waals surface area (Å²) >= 11 is 0. The Balaban J connectivity index is 0.00000729. The highest BCUT2D eigenvalue weighted by molar-refractivity contribution is 14.0. The van der Waals surface area contributed by atoms with E-state index in [4.69, 9.17) is 0 Å². The number of rotatable bonds is 9. The summed E-state index contributed by atoms with van der Waals surface area (Å²) in [4.78, 5) is 4.27. The van der Waals surface area contributed by atoms with Gasteiger partial charge in [-0.3, -0.25) is 0 Å². The number of sulfonamides is 1. The second-order valence-corrected chi connectivity index (χ2v) is 8.04. The van der Waals surface area contributed by atoms with Crippen LogP contribution in [0.1, 0.15) is 38.3 Å². The summed E-state index contributed by atoms with van der Waals surface area (Å²) in [5.74, 6) is 0.0641. The molecule has 1 aromatic carbocycles. The van der Waals surface area contributed by atoms with Crippen LogP contribution in [0.5, 0.6) is 0 Å². The van der Waals surface area contributed by atoms with Gasteiger partial charge in [-0.1, -0.05) is 24.3 Å². The van der Waals surface area contributed by atoms with E-state index >= 15 is 0 Å². The summed E-state index contributed by atoms with van der Waals surface area (Å²) in [6.45, 7) is 5.63. The minimum Gasteiger partial charge on any atom is -0.357 e. The average molecular weight is 536 g/mol. The second kappa shape index (κ2) is 12.5. The van der Waals surface area contributed by atoms with Crippen LogP contribution in [-0.4, -0.2) is 39.7 Å². The zero-order chi connectivity index (χ0) is 20.5. The molecule has 6 nitrogen and oxygen atoms in total. The van der Waals surface area contributed by atoms with Crippen molar-refractivity contribution >= 4 is 40.0 Å². The van der Waals surface area contributed by atoms with E-state index in [2.05, 4.69) is 20.3 Å². The minimum absolute atomic E-state index is 0. The standard InChI is InChI=1S/C17H27F3N4O2S.HI/c1-4-21-16(22-10-9-17(18,19)20)23-11-14-7-5-6-8-15(14)12-27(25,26)24-13(2)3;/h5-8,13,24H,4,9-12H2,1-3H3,(H2,21,22,23);1H. The van der Waals surface area contributed by atoms with E-state index in [1.165, 1.54) is 0 Å². The number of benzene rings is 1. The van der Waals surface area contributed by atoms with Crippen LogP contribution in [0.2, 0.25) is 0 Å². The first kappa shape index (κ1) is 26.9. The molecule has 0 saturated carbocycles. The summed E-state index contributed by atoms with van der Waals surface area (Å²) in [5, 5.41) is 5.50. The molecule has 162 valence electrons. The number of nitrogens with zero attached hydrogens (tertiary/aromatic N) is 1. The number of guanidine groups is 1. The molecule has 1 rings (SSSR count). The Kier molecular flexibility index (Phi) is 12.0. The molecule has 0 aromatic heterocycles. The molecule has 0 fully saturated rings. The Morgan fingerprint density at radius 2 is 1.75 bits per heavy atom. The Morgan fingerprint density at radius 1 is 1.14 bits per heavy atom. The quantitative estimate of drug-likeness (QED) is 0.258. The van der Waals surface area contributed by atoms with Gasteiger partial charge in [0, 0.05) is 19.1 Å². The minimum atomic E-state index is -4.24. The third kappa shape index (κ3) is 11.7. The maximum absolute atomic E-state index is 12.3. The van der Waals surface area contributed by atoms with E-state index in [9.17, 15) is 21.6 Å². The summed E-state index contributed by atoms with van der Waals surface area (Å²) < 4.78 is 63.7. The lowest BCUT2D eigenvalue weighted by molar-refractivity contribution is -0.132. The molecule has 0 bridgehead atoms. The Hall–Kier alpha value is -1.08. The lowest BCUT2D eigenvalue weighted by Crippen LogP contribution is -2.38. The van der Waals surface area contributed by atoms with Gasteiger partial charge in [0.1, 0.15) is 0 Å². The van der Waals surface area contributed by atoms with Gasteiger partial charge in [-0.25, -0.2) is 18.1 Å². The van der Waals surface area contributed by atoms with Crippen molar-refractivity contribution in [2.45, 2.75) is 51.7 Å². The molecule has 0 atom stereocenters. The lowest BCUT2D eigenvalue weighted by Gasteiger charge is -2.14. The zero-order valence-electron chi connectivity index (χ0n) is 16.1. The van der Waals surface area contributed by atoms with Gasteiger partial charge in [0.05, 0.1) is 18.7 Å². The first-order valence-electron chi connectivity index (χ1n) is 8.68. The van der Waals surface area contributed by atoms with Gasteiger partial charge in [-0.15, -0.1) is 24.0 Å². The van der Waals surface area contributed by atoms with Crippen molar-refractivity contribution in [2.24, 2.45) is 4.99 Å². The second-order valence-electron chi connectivity index (χ2n) is 6.29. The van der Waals surface area contributed by atoms with Gasteiger partial charge in [-0.05, 0) is 31.9 Å². The molecule has 0 unspecified atom stereocenters. The molecule has 0 aliphatic rings. The molecule has 0 saturated heterocycles. The number of hydrogen-bond donors (Lipinski definition) is 3. The van der Waals surface area contributed by atoms with Crippen LogP contribution in [0.4, 0.5) is 13.2 Å². The number of hydrogen-bond acceptors (Lipinski definition) is 3. The van der Waals surface area contributed by atoms with Crippen molar-refractivity contribution in [1.82, 2.24) is 15.4 Å². The van der Waals surface area contributed by atoms with E-state index < -0.39 is 22.6 Å². The molecule has 28 heavy (non-hydrogen) atoms. The summed E-state index contributed by atoms with van der Waals surface area (Å²) in [6, 6.07) is 6.75. The van der Waals surface area contributed by atoms with Crippen molar-refractivity contribution in [1.29, 1.82) is 0 Å². The summed E-state index contributed by atoms with van der Waals surface area (Å²) in [5.41, 5.74) is 1.29. The molecular weight excluding hydrogens is 508 g/mol. The molecule has 0 amide bonds. The van der Waals surface area contributed by atoms with Crippen molar-refractivity contribution in [2.75, 3.05) is 13.1 Å². The number of halogens is 4. The highest BCUT2D eigenvalue weighted by atomic mass is 127. The SMILES string of the molecule is CCNC(=NCc1ccccc1CS(=O)(=O)NC(C)C)NCCC(F)(F)F.I. The highest BCUT2D eigenvalue weighted by Gasteiger charge is 2.26. The molecular formula is C17H28F3IN4O2S. The van der Waals surface area contributed by atoms with Gasteiger partial charge in [-0.2, -0.15) is 13.2 Å². The molecule has 11 heteroatoms. The topological polar surface area (TPSA) is 82.6 Å². The predicted octanol–water partition coefficient (Wildman–Crippen LogP) is 3.14. The van der Waals surface area contributed by atoms with Crippen LogP contribution in [0.15, 0.2) is 29.3 Å². The maximum atomic E-state index is 12.3. The highest BCUT2D eigenvalue weighted by Crippen LogP contribution is 2.18. The third-order valence-electron chi connectivity index (χ3n) is 3.33. The van der Waals surface area contributed by atoms with E-state index in [0.717, 1.165) is 0 Å². The predicted molar refractivity (Wildman–Crippen MR) is 116 cm³/mol. The molecule has 0 radical (unpaired) electrons. The van der Waals surface area contributed by atoms with Crippen LogP contribution in [0.25, 0.3) is 0 Å². The normalized spacial score (nSPS) is 12.6. The summed E-state index contributed by atoms with van der Waals surface area (Å²) in [6.07, 6.45) is -5.21. The number of alkyl halides is 3. The lowest BCUT2D eigenvalue weighted by atomic mass is 10.1. The number of aliphatic imine (C=N–C) groups is 1. The van der Waals surface area contributed by atoms with Gasteiger partial charge < -0.3 is 10.6 Å². The van der Waals surface area contributed by atoms with Crippen LogP contribution < -0.4 is 15.4 Å². The first-order chi connectivity index (χ1) is 12.5.